The predicted octanol–water partition coefficient (Wildman–Crippen LogP) is 9.91. The fourth-order valence-electron chi connectivity index (χ4n) is 5.14. The van der Waals surface area contributed by atoms with Crippen LogP contribution in [0.5, 0.6) is 5.75 Å². The summed E-state index contributed by atoms with van der Waals surface area (Å²) in [4.78, 5) is 34.0. The first kappa shape index (κ1) is 40.8. The molecule has 0 fully saturated rings. The molecule has 0 aromatic heterocycles. The van der Waals surface area contributed by atoms with Gasteiger partial charge in [0.15, 0.2) is 0 Å². The van der Waals surface area contributed by atoms with Crippen LogP contribution in [0.15, 0.2) is 12.1 Å². The van der Waals surface area contributed by atoms with Crippen LogP contribution < -0.4 is 0 Å². The van der Waals surface area contributed by atoms with Gasteiger partial charge in [-0.25, -0.2) is 0 Å². The van der Waals surface area contributed by atoms with Crippen molar-refractivity contribution in [1.82, 2.24) is 0 Å². The Labute approximate surface area is 259 Å². The lowest BCUT2D eigenvalue weighted by molar-refractivity contribution is -0.143. The molecule has 0 unspecified atom stereocenters. The number of phenolic OH excluding ortho intramolecular Hbond substituents is 1. The van der Waals surface area contributed by atoms with E-state index >= 15 is 0 Å². The van der Waals surface area contributed by atoms with Gasteiger partial charge in [-0.2, -0.15) is 0 Å². The lowest BCUT2D eigenvalue weighted by Gasteiger charge is -2.28. The van der Waals surface area contributed by atoms with Crippen molar-refractivity contribution in [1.29, 1.82) is 0 Å². The molecule has 1 aromatic rings. The molecular weight excluding hydrogens is 547 g/mol. The van der Waals surface area contributed by atoms with Crippen molar-refractivity contribution in [3.05, 3.63) is 28.8 Å². The number of hydrogen-bond donors (Lipinski definition) is 4. The van der Waals surface area contributed by atoms with Crippen molar-refractivity contribution in [2.45, 2.75) is 175 Å². The van der Waals surface area contributed by atoms with Crippen molar-refractivity contribution in [2.24, 2.45) is 0 Å². The van der Waals surface area contributed by atoms with Gasteiger partial charge in [0.05, 0.1) is 6.61 Å². The smallest absolute Gasteiger partial charge is 0.324 e. The Bertz CT molecular complexity index is 788. The maximum Gasteiger partial charge on any atom is 0.324 e. The van der Waals surface area contributed by atoms with Crippen molar-refractivity contribution in [3.8, 4) is 5.75 Å². The van der Waals surface area contributed by atoms with Crippen molar-refractivity contribution >= 4 is 14.6 Å². The van der Waals surface area contributed by atoms with Crippen molar-refractivity contribution < 1.29 is 29.3 Å². The first-order valence-corrected chi connectivity index (χ1v) is 17.8. The standard InChI is InChI=1S/C35H62O3.H3O3P/c1-8-9-10-11-12-13-14-15-16-17-18-19-20-21-22-23-26-38-32(36)25-24-29-27-30(34(2,3)4)33(37)31(28-29)35(5,6)7;1-4(2)3/h27-28,37H,8-26H2,1-7H3;1-3H. The summed E-state index contributed by atoms with van der Waals surface area (Å²) in [6.45, 7) is 15.5. The fourth-order valence-corrected chi connectivity index (χ4v) is 5.14. The van der Waals surface area contributed by atoms with E-state index in [-0.39, 0.29) is 16.8 Å². The third kappa shape index (κ3) is 21.5. The minimum atomic E-state index is -2.62. The van der Waals surface area contributed by atoms with Crippen molar-refractivity contribution in [3.63, 3.8) is 0 Å². The third-order valence-electron chi connectivity index (χ3n) is 7.66. The number of ether oxygens (including phenoxy) is 1. The highest BCUT2D eigenvalue weighted by Gasteiger charge is 2.26. The Kier molecular flexibility index (Phi) is 22.6. The van der Waals surface area contributed by atoms with Gasteiger partial charge in [0.1, 0.15) is 5.75 Å². The van der Waals surface area contributed by atoms with Gasteiger partial charge >= 0.3 is 14.6 Å². The van der Waals surface area contributed by atoms with E-state index in [4.69, 9.17) is 19.4 Å². The number of hydrogen-bond acceptors (Lipinski definition) is 6. The highest BCUT2D eigenvalue weighted by molar-refractivity contribution is 7.38. The average Bonchev–Trinajstić information content (AvgIpc) is 2.88. The van der Waals surface area contributed by atoms with Crippen LogP contribution in [0.4, 0.5) is 0 Å². The monoisotopic (exact) mass is 612 g/mol. The second kappa shape index (κ2) is 23.2. The zero-order chi connectivity index (χ0) is 32.0. The first-order valence-electron chi connectivity index (χ1n) is 16.6. The number of carbonyl (C=O) groups excluding carboxylic acids is 1. The normalized spacial score (nSPS) is 11.9. The van der Waals surface area contributed by atoms with Gasteiger partial charge in [-0.05, 0) is 40.4 Å². The Morgan fingerprint density at radius 2 is 1.00 bits per heavy atom. The fraction of sp³-hybridized carbons (Fsp3) is 0.800. The van der Waals surface area contributed by atoms with Crippen LogP contribution in [-0.4, -0.2) is 32.4 Å². The number of unbranched alkanes of at least 4 members (excludes halogenated alkanes) is 15. The van der Waals surface area contributed by atoms with Gasteiger partial charge in [0.2, 0.25) is 0 Å². The number of esters is 1. The van der Waals surface area contributed by atoms with E-state index in [0.717, 1.165) is 29.5 Å². The SMILES string of the molecule is CCCCCCCCCCCCCCCCCCOC(=O)CCc1cc(C(C)(C)C)c(O)c(C(C)(C)C)c1.OP(O)O. The Morgan fingerprint density at radius 1 is 0.667 bits per heavy atom. The molecule has 0 aliphatic heterocycles. The minimum Gasteiger partial charge on any atom is -0.507 e. The van der Waals surface area contributed by atoms with E-state index in [1.54, 1.807) is 0 Å². The topological polar surface area (TPSA) is 107 Å². The molecular formula is C35H65O6P. The summed E-state index contributed by atoms with van der Waals surface area (Å²) in [6, 6.07) is 4.13. The summed E-state index contributed by atoms with van der Waals surface area (Å²) >= 11 is 0. The molecule has 0 heterocycles. The lowest BCUT2D eigenvalue weighted by Crippen LogP contribution is -2.18. The number of benzene rings is 1. The Morgan fingerprint density at radius 3 is 1.33 bits per heavy atom. The zero-order valence-electron chi connectivity index (χ0n) is 28.1. The molecule has 0 bridgehead atoms. The van der Waals surface area contributed by atoms with Gasteiger partial charge in [0.25, 0.3) is 0 Å². The molecule has 7 heteroatoms. The summed E-state index contributed by atoms with van der Waals surface area (Å²) in [6.07, 6.45) is 22.5. The first-order chi connectivity index (χ1) is 19.7. The van der Waals surface area contributed by atoms with E-state index in [9.17, 15) is 9.90 Å². The third-order valence-corrected chi connectivity index (χ3v) is 7.66. The van der Waals surface area contributed by atoms with E-state index < -0.39 is 8.60 Å². The number of aromatic hydroxyl groups is 1. The van der Waals surface area contributed by atoms with Crippen LogP contribution >= 0.6 is 8.60 Å². The van der Waals surface area contributed by atoms with E-state index in [2.05, 4.69) is 60.6 Å². The summed E-state index contributed by atoms with van der Waals surface area (Å²) in [7, 11) is -2.62. The molecule has 1 rings (SSSR count). The van der Waals surface area contributed by atoms with Crippen LogP contribution in [0.1, 0.15) is 174 Å². The molecule has 246 valence electrons. The van der Waals surface area contributed by atoms with Crippen LogP contribution in [0, 0.1) is 0 Å². The summed E-state index contributed by atoms with van der Waals surface area (Å²) in [5.74, 6) is 0.272. The van der Waals surface area contributed by atoms with Gasteiger partial charge in [-0.3, -0.25) is 4.79 Å². The molecule has 4 N–H and O–H groups in total. The van der Waals surface area contributed by atoms with Crippen LogP contribution in [0.2, 0.25) is 0 Å². The van der Waals surface area contributed by atoms with Crippen molar-refractivity contribution in [2.75, 3.05) is 6.61 Å². The number of phenols is 1. The Balaban J connectivity index is 0.00000393. The molecule has 0 amide bonds. The highest BCUT2D eigenvalue weighted by Crippen LogP contribution is 2.40. The number of aryl methyl sites for hydroxylation is 1. The van der Waals surface area contributed by atoms with E-state index in [1.807, 2.05) is 0 Å². The van der Waals surface area contributed by atoms with Crippen LogP contribution in [0.25, 0.3) is 0 Å². The lowest BCUT2D eigenvalue weighted by atomic mass is 9.78. The highest BCUT2D eigenvalue weighted by atomic mass is 31.2. The minimum absolute atomic E-state index is 0.117. The molecule has 0 saturated heterocycles. The van der Waals surface area contributed by atoms with Gasteiger partial charge in [0, 0.05) is 6.42 Å². The quantitative estimate of drug-likeness (QED) is 0.0663. The second-order valence-electron chi connectivity index (χ2n) is 13.8. The second-order valence-corrected chi connectivity index (χ2v) is 14.4. The predicted molar refractivity (Wildman–Crippen MR) is 178 cm³/mol. The van der Waals surface area contributed by atoms with Crippen LogP contribution in [0.3, 0.4) is 0 Å². The summed E-state index contributed by atoms with van der Waals surface area (Å²) in [5, 5.41) is 10.9. The summed E-state index contributed by atoms with van der Waals surface area (Å²) < 4.78 is 5.51. The number of carbonyl (C=O) groups is 1. The zero-order valence-corrected chi connectivity index (χ0v) is 29.0. The molecule has 0 saturated carbocycles. The van der Waals surface area contributed by atoms with Gasteiger partial charge in [-0.15, -0.1) is 0 Å². The summed E-state index contributed by atoms with van der Waals surface area (Å²) in [5.41, 5.74) is 2.67. The van der Waals surface area contributed by atoms with Gasteiger partial charge in [-0.1, -0.05) is 157 Å². The van der Waals surface area contributed by atoms with Crippen LogP contribution in [-0.2, 0) is 26.8 Å². The molecule has 1 aromatic carbocycles. The molecule has 0 radical (unpaired) electrons. The average molecular weight is 613 g/mol. The maximum absolute atomic E-state index is 12.3. The van der Waals surface area contributed by atoms with E-state index in [0.29, 0.717) is 25.2 Å². The van der Waals surface area contributed by atoms with E-state index in [1.165, 1.54) is 89.9 Å². The molecule has 42 heavy (non-hydrogen) atoms. The molecule has 0 aliphatic rings. The largest absolute Gasteiger partial charge is 0.507 e. The molecule has 6 nitrogen and oxygen atoms in total. The molecule has 0 spiro atoms. The molecule has 0 atom stereocenters. The number of rotatable bonds is 20. The maximum atomic E-state index is 12.3. The Hall–Kier alpha value is -1.20. The molecule has 0 aliphatic carbocycles. The van der Waals surface area contributed by atoms with Gasteiger partial charge < -0.3 is 24.5 Å².